The lowest BCUT2D eigenvalue weighted by atomic mass is 9.43. The van der Waals surface area contributed by atoms with E-state index >= 15 is 0 Å². The minimum atomic E-state index is -0.352. The van der Waals surface area contributed by atoms with Crippen molar-refractivity contribution in [1.29, 1.82) is 0 Å². The number of aromatic nitrogens is 1. The Morgan fingerprint density at radius 1 is 0.554 bits per heavy atom. The van der Waals surface area contributed by atoms with E-state index in [0.717, 1.165) is 41.4 Å². The molecule has 0 saturated heterocycles. The number of hydrogen-bond donors (Lipinski definition) is 0. The summed E-state index contributed by atoms with van der Waals surface area (Å²) in [4.78, 5) is 0. The molecule has 4 saturated carbocycles. The van der Waals surface area contributed by atoms with E-state index in [9.17, 15) is 0 Å². The fourth-order valence-electron chi connectivity index (χ4n) is 17.4. The molecule has 0 amide bonds. The molecule has 0 bridgehead atoms. The van der Waals surface area contributed by atoms with Crippen LogP contribution in [0.3, 0.4) is 0 Å². The zero-order valence-electron chi connectivity index (χ0n) is 39.8. The highest BCUT2D eigenvalue weighted by Gasteiger charge is 2.61. The van der Waals surface area contributed by atoms with Crippen molar-refractivity contribution in [2.24, 2.45) is 52.3 Å². The highest BCUT2D eigenvalue weighted by molar-refractivity contribution is 6.16. The molecule has 13 rings (SSSR count). The van der Waals surface area contributed by atoms with Crippen LogP contribution in [0, 0.1) is 52.3 Å². The molecular formula is C64H69N. The summed E-state index contributed by atoms with van der Waals surface area (Å²) >= 11 is 0. The van der Waals surface area contributed by atoms with Gasteiger partial charge in [0, 0.05) is 22.0 Å². The lowest BCUT2D eigenvalue weighted by Gasteiger charge is -2.61. The summed E-state index contributed by atoms with van der Waals surface area (Å²) in [6, 6.07) is 51.8. The molecule has 6 aliphatic rings. The molecule has 0 N–H and O–H groups in total. The van der Waals surface area contributed by atoms with Gasteiger partial charge in [0.2, 0.25) is 0 Å². The minimum absolute atomic E-state index is 0.352. The zero-order valence-corrected chi connectivity index (χ0v) is 39.8. The van der Waals surface area contributed by atoms with E-state index in [1.165, 1.54) is 149 Å². The topological polar surface area (TPSA) is 4.93 Å². The van der Waals surface area contributed by atoms with Gasteiger partial charge in [-0.3, -0.25) is 0 Å². The molecule has 0 radical (unpaired) electrons. The van der Waals surface area contributed by atoms with Crippen LogP contribution in [0.5, 0.6) is 0 Å². The largest absolute Gasteiger partial charge is 0.309 e. The summed E-state index contributed by atoms with van der Waals surface area (Å²) in [5.41, 5.74) is 17.3. The van der Waals surface area contributed by atoms with Gasteiger partial charge in [0.1, 0.15) is 0 Å². The van der Waals surface area contributed by atoms with E-state index in [0.29, 0.717) is 16.7 Å². The lowest BCUT2D eigenvalue weighted by Crippen LogP contribution is -2.53. The van der Waals surface area contributed by atoms with Gasteiger partial charge in [-0.05, 0) is 179 Å². The third kappa shape index (κ3) is 5.57. The Labute approximate surface area is 389 Å². The van der Waals surface area contributed by atoms with Crippen LogP contribution in [0.1, 0.15) is 145 Å². The van der Waals surface area contributed by atoms with Gasteiger partial charge in [0.05, 0.1) is 16.4 Å². The van der Waals surface area contributed by atoms with E-state index in [1.54, 1.807) is 5.56 Å². The summed E-state index contributed by atoms with van der Waals surface area (Å²) in [5, 5.41) is 2.67. The van der Waals surface area contributed by atoms with E-state index in [-0.39, 0.29) is 5.41 Å². The van der Waals surface area contributed by atoms with Crippen LogP contribution < -0.4 is 0 Å². The van der Waals surface area contributed by atoms with E-state index < -0.39 is 0 Å². The first kappa shape index (κ1) is 40.4. The van der Waals surface area contributed by atoms with Crippen LogP contribution in [-0.4, -0.2) is 4.57 Å². The number of benzene rings is 6. The third-order valence-electron chi connectivity index (χ3n) is 20.3. The lowest BCUT2D eigenvalue weighted by molar-refractivity contribution is -0.117. The average Bonchev–Trinajstić information content (AvgIpc) is 4.04. The maximum Gasteiger partial charge on any atom is 0.0726 e. The SMILES string of the molecule is CC(C)CCC[C@@H](C)[C@H]1CC[C@H]2[C@@H]3CC[C@H]4CC(c5ccc(-n6c7ccccc7c7ccc8c(c76)-c6ccccc6C86c7ccccc7-c7ccccc76)cc5)CC[C@]4(C)[C@H]3CC[C@]12C. The van der Waals surface area contributed by atoms with Crippen molar-refractivity contribution in [3.8, 4) is 27.9 Å². The Balaban J connectivity index is 0.826. The van der Waals surface area contributed by atoms with Gasteiger partial charge in [-0.15, -0.1) is 0 Å². The predicted octanol–water partition coefficient (Wildman–Crippen LogP) is 17.3. The van der Waals surface area contributed by atoms with Crippen LogP contribution in [0.2, 0.25) is 0 Å². The second kappa shape index (κ2) is 14.8. The van der Waals surface area contributed by atoms with Crippen LogP contribution >= 0.6 is 0 Å². The molecule has 9 atom stereocenters. The summed E-state index contributed by atoms with van der Waals surface area (Å²) in [6.07, 6.45) is 17.3. The van der Waals surface area contributed by atoms with E-state index in [1.807, 2.05) is 0 Å². The maximum atomic E-state index is 2.78. The molecule has 7 aromatic rings. The molecule has 1 heteroatoms. The van der Waals surface area contributed by atoms with Crippen molar-refractivity contribution in [3.05, 3.63) is 161 Å². The van der Waals surface area contributed by atoms with Gasteiger partial charge in [0.25, 0.3) is 0 Å². The Morgan fingerprint density at radius 2 is 1.20 bits per heavy atom. The van der Waals surface area contributed by atoms with Crippen LogP contribution in [0.25, 0.3) is 49.7 Å². The molecule has 330 valence electrons. The standard InChI is InChI=1S/C64H69N/c1-40(2)15-14-16-41(3)52-33-34-53-50-30-27-44-39-43(35-37-62(44,4)54(50)36-38-63(52,53)5)42-25-28-45(29-26-42)65-59-24-13-9-19-48(59)49-31-32-58-60(61(49)65)51-20-8-12-23-57(51)64(58)55-21-10-6-17-46(55)47-18-7-11-22-56(47)64/h6-13,17-26,28-29,31-32,40-41,43-44,50,52-54H,14-16,27,30,33-39H2,1-5H3/t41-,43?,44+,50+,52-,53+,54+,62+,63-/m1/s1. The predicted molar refractivity (Wildman–Crippen MR) is 273 cm³/mol. The first-order chi connectivity index (χ1) is 31.7. The Hall–Kier alpha value is -4.88. The molecule has 1 spiro atoms. The molecule has 4 fully saturated rings. The van der Waals surface area contributed by atoms with Crippen LogP contribution in [0.4, 0.5) is 0 Å². The highest BCUT2D eigenvalue weighted by atomic mass is 15.0. The van der Waals surface area contributed by atoms with Gasteiger partial charge in [0.15, 0.2) is 0 Å². The van der Waals surface area contributed by atoms with Gasteiger partial charge in [-0.25, -0.2) is 0 Å². The summed E-state index contributed by atoms with van der Waals surface area (Å²) in [7, 11) is 0. The molecule has 1 aromatic heterocycles. The Morgan fingerprint density at radius 3 is 1.94 bits per heavy atom. The smallest absolute Gasteiger partial charge is 0.0726 e. The fraction of sp³-hybridized carbons (Fsp3) is 0.438. The fourth-order valence-corrected chi connectivity index (χ4v) is 17.4. The molecule has 1 unspecified atom stereocenters. The zero-order chi connectivity index (χ0) is 43.8. The first-order valence-electron chi connectivity index (χ1n) is 26.2. The molecule has 65 heavy (non-hydrogen) atoms. The van der Waals surface area contributed by atoms with Crippen LogP contribution in [0.15, 0.2) is 133 Å². The number of rotatable bonds is 7. The maximum absolute atomic E-state index is 2.78. The normalized spacial score (nSPS) is 29.6. The highest BCUT2D eigenvalue weighted by Crippen LogP contribution is 2.70. The molecule has 6 aliphatic carbocycles. The molecule has 0 aliphatic heterocycles. The van der Waals surface area contributed by atoms with Gasteiger partial charge >= 0.3 is 0 Å². The minimum Gasteiger partial charge on any atom is -0.309 e. The van der Waals surface area contributed by atoms with Crippen molar-refractivity contribution in [2.75, 3.05) is 0 Å². The number of para-hydroxylation sites is 1. The molecule has 1 nitrogen and oxygen atoms in total. The molecular weight excluding hydrogens is 783 g/mol. The number of hydrogen-bond acceptors (Lipinski definition) is 0. The molecule has 1 heterocycles. The second-order valence-electron chi connectivity index (χ2n) is 23.4. The van der Waals surface area contributed by atoms with Crippen molar-refractivity contribution in [1.82, 2.24) is 4.57 Å². The summed E-state index contributed by atoms with van der Waals surface area (Å²) < 4.78 is 2.62. The monoisotopic (exact) mass is 852 g/mol. The summed E-state index contributed by atoms with van der Waals surface area (Å²) in [6.45, 7) is 13.0. The quantitative estimate of drug-likeness (QED) is 0.151. The van der Waals surface area contributed by atoms with Gasteiger partial charge < -0.3 is 4.57 Å². The Kier molecular flexibility index (Phi) is 9.21. The van der Waals surface area contributed by atoms with Crippen molar-refractivity contribution in [3.63, 3.8) is 0 Å². The van der Waals surface area contributed by atoms with E-state index in [4.69, 9.17) is 0 Å². The van der Waals surface area contributed by atoms with Crippen molar-refractivity contribution >= 4 is 21.8 Å². The number of nitrogens with zero attached hydrogens (tertiary/aromatic N) is 1. The first-order valence-corrected chi connectivity index (χ1v) is 26.2. The summed E-state index contributed by atoms with van der Waals surface area (Å²) in [5.74, 6) is 7.06. The third-order valence-corrected chi connectivity index (χ3v) is 20.3. The van der Waals surface area contributed by atoms with Gasteiger partial charge in [-0.1, -0.05) is 169 Å². The van der Waals surface area contributed by atoms with Gasteiger partial charge in [-0.2, -0.15) is 0 Å². The van der Waals surface area contributed by atoms with E-state index in [2.05, 4.69) is 173 Å². The Bertz CT molecular complexity index is 2930. The number of fused-ring (bicyclic) bond motifs is 19. The van der Waals surface area contributed by atoms with Crippen molar-refractivity contribution < 1.29 is 0 Å². The van der Waals surface area contributed by atoms with Crippen LogP contribution in [-0.2, 0) is 5.41 Å². The van der Waals surface area contributed by atoms with Crippen molar-refractivity contribution in [2.45, 2.75) is 123 Å². The average molecular weight is 852 g/mol. The molecule has 6 aromatic carbocycles. The second-order valence-corrected chi connectivity index (χ2v) is 23.4.